The standard InChI is InChI=1S/C22H20O3/c23-20(17-10-4-1-5-11-17)16-21(24)25-22(18-12-6-2-7-13-18)19-14-8-3-9-15-19/h1-15,20,22-23H,16H2. The van der Waals surface area contributed by atoms with Gasteiger partial charge in [-0.05, 0) is 16.7 Å². The van der Waals surface area contributed by atoms with Gasteiger partial charge in [0.05, 0.1) is 12.5 Å². The Morgan fingerprint density at radius 2 is 1.12 bits per heavy atom. The van der Waals surface area contributed by atoms with E-state index >= 15 is 0 Å². The number of esters is 1. The molecule has 0 heterocycles. The van der Waals surface area contributed by atoms with Gasteiger partial charge in [-0.1, -0.05) is 91.0 Å². The molecule has 0 aliphatic rings. The SMILES string of the molecule is O=C(CC(O)c1ccccc1)OC(c1ccccc1)c1ccccc1. The molecule has 0 amide bonds. The fourth-order valence-corrected chi connectivity index (χ4v) is 2.71. The second-order valence-electron chi connectivity index (χ2n) is 5.82. The van der Waals surface area contributed by atoms with Crippen LogP contribution < -0.4 is 0 Å². The third kappa shape index (κ3) is 4.55. The largest absolute Gasteiger partial charge is 0.452 e. The first-order valence-corrected chi connectivity index (χ1v) is 8.26. The molecule has 25 heavy (non-hydrogen) atoms. The highest BCUT2D eigenvalue weighted by Crippen LogP contribution is 2.27. The number of ether oxygens (including phenoxy) is 1. The van der Waals surface area contributed by atoms with Crippen molar-refractivity contribution < 1.29 is 14.6 Å². The van der Waals surface area contributed by atoms with Gasteiger partial charge in [-0.3, -0.25) is 4.79 Å². The van der Waals surface area contributed by atoms with Crippen LogP contribution in [0.25, 0.3) is 0 Å². The lowest BCUT2D eigenvalue weighted by Crippen LogP contribution is -2.15. The summed E-state index contributed by atoms with van der Waals surface area (Å²) >= 11 is 0. The van der Waals surface area contributed by atoms with Crippen molar-refractivity contribution in [3.05, 3.63) is 108 Å². The maximum absolute atomic E-state index is 12.4. The summed E-state index contributed by atoms with van der Waals surface area (Å²) in [5.41, 5.74) is 2.50. The van der Waals surface area contributed by atoms with Gasteiger partial charge in [0.1, 0.15) is 0 Å². The van der Waals surface area contributed by atoms with Gasteiger partial charge in [-0.15, -0.1) is 0 Å². The Morgan fingerprint density at radius 1 is 0.720 bits per heavy atom. The second kappa shape index (κ2) is 8.27. The van der Waals surface area contributed by atoms with Crippen LogP contribution in [-0.2, 0) is 9.53 Å². The van der Waals surface area contributed by atoms with Gasteiger partial charge in [0, 0.05) is 0 Å². The van der Waals surface area contributed by atoms with Crippen LogP contribution in [0.3, 0.4) is 0 Å². The van der Waals surface area contributed by atoms with Crippen molar-refractivity contribution >= 4 is 5.97 Å². The Kier molecular flexibility index (Phi) is 5.60. The Hall–Kier alpha value is -2.91. The lowest BCUT2D eigenvalue weighted by molar-refractivity contribution is -0.149. The number of aliphatic hydroxyl groups is 1. The number of hydrogen-bond donors (Lipinski definition) is 1. The van der Waals surface area contributed by atoms with Crippen LogP contribution in [0.5, 0.6) is 0 Å². The molecule has 0 saturated heterocycles. The van der Waals surface area contributed by atoms with E-state index in [0.717, 1.165) is 11.1 Å². The highest BCUT2D eigenvalue weighted by Gasteiger charge is 2.21. The minimum absolute atomic E-state index is 0.0832. The fraction of sp³-hybridized carbons (Fsp3) is 0.136. The van der Waals surface area contributed by atoms with Gasteiger partial charge in [0.2, 0.25) is 0 Å². The molecule has 0 aromatic heterocycles. The summed E-state index contributed by atoms with van der Waals surface area (Å²) in [4.78, 5) is 12.4. The van der Waals surface area contributed by atoms with E-state index in [4.69, 9.17) is 4.74 Å². The summed E-state index contributed by atoms with van der Waals surface area (Å²) in [6.07, 6.45) is -1.45. The topological polar surface area (TPSA) is 46.5 Å². The molecule has 0 fully saturated rings. The predicted octanol–water partition coefficient (Wildman–Crippen LogP) is 4.44. The highest BCUT2D eigenvalue weighted by molar-refractivity contribution is 5.71. The molecule has 3 heteroatoms. The third-order valence-corrected chi connectivity index (χ3v) is 4.00. The van der Waals surface area contributed by atoms with Crippen LogP contribution in [-0.4, -0.2) is 11.1 Å². The first kappa shape index (κ1) is 16.9. The molecule has 1 atom stereocenters. The van der Waals surface area contributed by atoms with E-state index in [2.05, 4.69) is 0 Å². The molecule has 3 aromatic rings. The van der Waals surface area contributed by atoms with Gasteiger partial charge in [0.25, 0.3) is 0 Å². The fourth-order valence-electron chi connectivity index (χ4n) is 2.71. The number of aliphatic hydroxyl groups excluding tert-OH is 1. The predicted molar refractivity (Wildman–Crippen MR) is 96.8 cm³/mol. The van der Waals surface area contributed by atoms with Crippen molar-refractivity contribution in [3.8, 4) is 0 Å². The van der Waals surface area contributed by atoms with E-state index in [1.807, 2.05) is 78.9 Å². The molecule has 0 aliphatic heterocycles. The van der Waals surface area contributed by atoms with Crippen molar-refractivity contribution in [2.45, 2.75) is 18.6 Å². The second-order valence-corrected chi connectivity index (χ2v) is 5.82. The Labute approximate surface area is 147 Å². The Balaban J connectivity index is 1.75. The number of carbonyl (C=O) groups excluding carboxylic acids is 1. The van der Waals surface area contributed by atoms with Crippen LogP contribution in [0, 0.1) is 0 Å². The summed E-state index contributed by atoms with van der Waals surface area (Å²) in [6, 6.07) is 28.4. The molecule has 1 unspecified atom stereocenters. The average Bonchev–Trinajstić information content (AvgIpc) is 2.68. The summed E-state index contributed by atoms with van der Waals surface area (Å²) in [7, 11) is 0. The van der Waals surface area contributed by atoms with Crippen LogP contribution in [0.1, 0.15) is 35.3 Å². The molecule has 0 aliphatic carbocycles. The molecule has 3 rings (SSSR count). The zero-order valence-electron chi connectivity index (χ0n) is 13.8. The van der Waals surface area contributed by atoms with Crippen LogP contribution >= 0.6 is 0 Å². The maximum Gasteiger partial charge on any atom is 0.309 e. The number of rotatable bonds is 6. The van der Waals surface area contributed by atoms with Crippen LogP contribution in [0.4, 0.5) is 0 Å². The molecule has 3 aromatic carbocycles. The summed E-state index contributed by atoms with van der Waals surface area (Å²) in [5.74, 6) is -0.436. The summed E-state index contributed by atoms with van der Waals surface area (Å²) in [6.45, 7) is 0. The van der Waals surface area contributed by atoms with Crippen molar-refractivity contribution in [2.75, 3.05) is 0 Å². The van der Waals surface area contributed by atoms with E-state index in [9.17, 15) is 9.90 Å². The van der Waals surface area contributed by atoms with Gasteiger partial charge < -0.3 is 9.84 Å². The molecule has 0 spiro atoms. The summed E-state index contributed by atoms with van der Waals surface area (Å²) < 4.78 is 5.72. The number of hydrogen-bond acceptors (Lipinski definition) is 3. The van der Waals surface area contributed by atoms with Crippen molar-refractivity contribution in [2.24, 2.45) is 0 Å². The monoisotopic (exact) mass is 332 g/mol. The van der Waals surface area contributed by atoms with Crippen molar-refractivity contribution in [1.29, 1.82) is 0 Å². The van der Waals surface area contributed by atoms with Crippen molar-refractivity contribution in [3.63, 3.8) is 0 Å². The molecule has 126 valence electrons. The Morgan fingerprint density at radius 3 is 1.56 bits per heavy atom. The normalized spacial score (nSPS) is 11.9. The van der Waals surface area contributed by atoms with Crippen LogP contribution in [0.2, 0.25) is 0 Å². The first-order valence-electron chi connectivity index (χ1n) is 8.26. The number of benzene rings is 3. The van der Waals surface area contributed by atoms with Gasteiger partial charge >= 0.3 is 5.97 Å². The molecule has 0 radical (unpaired) electrons. The Bertz CT molecular complexity index is 746. The molecule has 3 nitrogen and oxygen atoms in total. The first-order chi connectivity index (χ1) is 12.2. The van der Waals surface area contributed by atoms with Gasteiger partial charge in [-0.2, -0.15) is 0 Å². The minimum atomic E-state index is -0.874. The minimum Gasteiger partial charge on any atom is -0.452 e. The van der Waals surface area contributed by atoms with E-state index in [0.29, 0.717) is 5.56 Å². The van der Waals surface area contributed by atoms with E-state index < -0.39 is 18.2 Å². The maximum atomic E-state index is 12.4. The van der Waals surface area contributed by atoms with Crippen molar-refractivity contribution in [1.82, 2.24) is 0 Å². The van der Waals surface area contributed by atoms with Crippen LogP contribution in [0.15, 0.2) is 91.0 Å². The zero-order chi connectivity index (χ0) is 17.5. The third-order valence-electron chi connectivity index (χ3n) is 4.00. The van der Waals surface area contributed by atoms with E-state index in [1.165, 1.54) is 0 Å². The summed E-state index contributed by atoms with van der Waals surface area (Å²) in [5, 5.41) is 10.2. The molecule has 0 bridgehead atoms. The lowest BCUT2D eigenvalue weighted by atomic mass is 10.0. The van der Waals surface area contributed by atoms with E-state index in [1.54, 1.807) is 12.1 Å². The quantitative estimate of drug-likeness (QED) is 0.679. The molecular formula is C22H20O3. The molecule has 0 saturated carbocycles. The smallest absolute Gasteiger partial charge is 0.309 e. The van der Waals surface area contributed by atoms with E-state index in [-0.39, 0.29) is 6.42 Å². The zero-order valence-corrected chi connectivity index (χ0v) is 13.8. The average molecular weight is 332 g/mol. The van der Waals surface area contributed by atoms with Gasteiger partial charge in [-0.25, -0.2) is 0 Å². The highest BCUT2D eigenvalue weighted by atomic mass is 16.5. The lowest BCUT2D eigenvalue weighted by Gasteiger charge is -2.20. The molecule has 1 N–H and O–H groups in total. The number of carbonyl (C=O) groups is 1. The van der Waals surface area contributed by atoms with Gasteiger partial charge in [0.15, 0.2) is 6.10 Å². The molecular weight excluding hydrogens is 312 g/mol.